The van der Waals surface area contributed by atoms with Crippen molar-refractivity contribution in [3.05, 3.63) is 78.9 Å². The van der Waals surface area contributed by atoms with Crippen LogP contribution in [0, 0.1) is 5.92 Å². The fraction of sp³-hybridized carbons (Fsp3) is 0.261. The minimum Gasteiger partial charge on any atom is -0.456 e. The second-order valence-corrected chi connectivity index (χ2v) is 7.22. The topological polar surface area (TPSA) is 67.3 Å². The number of ether oxygens (including phenoxy) is 1. The lowest BCUT2D eigenvalue weighted by molar-refractivity contribution is -0.121. The Labute approximate surface area is 170 Å². The molecule has 0 saturated carbocycles. The molecule has 2 aromatic heterocycles. The van der Waals surface area contributed by atoms with Gasteiger partial charge in [0.05, 0.1) is 6.20 Å². The molecule has 0 bridgehead atoms. The van der Waals surface area contributed by atoms with Gasteiger partial charge in [-0.05, 0) is 74.0 Å². The molecule has 1 aliphatic heterocycles. The van der Waals surface area contributed by atoms with Crippen LogP contribution in [0.5, 0.6) is 11.5 Å². The summed E-state index contributed by atoms with van der Waals surface area (Å²) in [6, 6.07) is 15.1. The molecule has 1 fully saturated rings. The molecule has 29 heavy (non-hydrogen) atoms. The van der Waals surface area contributed by atoms with E-state index >= 15 is 0 Å². The number of benzene rings is 1. The molecule has 4 rings (SSSR count). The first-order valence-corrected chi connectivity index (χ1v) is 9.86. The Bertz CT molecular complexity index is 909. The van der Waals surface area contributed by atoms with Crippen molar-refractivity contribution < 1.29 is 9.53 Å². The standard InChI is InChI=1S/C23H24N4O2/c28-23(19-9-13-27(14-10-19)17-18-3-1-11-24-15-18)26-20-5-7-21(8-6-20)29-22-4-2-12-25-16-22/h1-8,11-12,15-16,19H,9-10,13-14,17H2,(H,26,28). The summed E-state index contributed by atoms with van der Waals surface area (Å²) in [6.45, 7) is 2.73. The molecule has 0 atom stereocenters. The summed E-state index contributed by atoms with van der Waals surface area (Å²) in [7, 11) is 0. The van der Waals surface area contributed by atoms with Crippen molar-refractivity contribution in [2.75, 3.05) is 18.4 Å². The normalized spacial score (nSPS) is 15.0. The maximum atomic E-state index is 12.6. The highest BCUT2D eigenvalue weighted by atomic mass is 16.5. The van der Waals surface area contributed by atoms with E-state index in [-0.39, 0.29) is 11.8 Å². The van der Waals surface area contributed by atoms with Gasteiger partial charge < -0.3 is 10.1 Å². The summed E-state index contributed by atoms with van der Waals surface area (Å²) in [5.74, 6) is 1.53. The number of piperidine rings is 1. The molecule has 0 aliphatic carbocycles. The summed E-state index contributed by atoms with van der Waals surface area (Å²) in [5.41, 5.74) is 2.00. The highest BCUT2D eigenvalue weighted by Crippen LogP contribution is 2.24. The van der Waals surface area contributed by atoms with Gasteiger partial charge in [0, 0.05) is 36.7 Å². The minimum absolute atomic E-state index is 0.0477. The van der Waals surface area contributed by atoms with E-state index in [9.17, 15) is 4.79 Å². The third-order valence-corrected chi connectivity index (χ3v) is 5.08. The highest BCUT2D eigenvalue weighted by Gasteiger charge is 2.25. The van der Waals surface area contributed by atoms with E-state index in [2.05, 4.69) is 26.3 Å². The number of anilines is 1. The lowest BCUT2D eigenvalue weighted by Crippen LogP contribution is -2.37. The third kappa shape index (κ3) is 5.39. The first-order chi connectivity index (χ1) is 14.3. The summed E-state index contributed by atoms with van der Waals surface area (Å²) in [6.07, 6.45) is 8.80. The van der Waals surface area contributed by atoms with Gasteiger partial charge >= 0.3 is 0 Å². The number of hydrogen-bond acceptors (Lipinski definition) is 5. The van der Waals surface area contributed by atoms with Crippen molar-refractivity contribution in [2.24, 2.45) is 5.92 Å². The number of hydrogen-bond donors (Lipinski definition) is 1. The molecular formula is C23H24N4O2. The maximum Gasteiger partial charge on any atom is 0.227 e. The number of nitrogens with zero attached hydrogens (tertiary/aromatic N) is 3. The summed E-state index contributed by atoms with van der Waals surface area (Å²) in [5, 5.41) is 3.03. The smallest absolute Gasteiger partial charge is 0.227 e. The van der Waals surface area contributed by atoms with Crippen LogP contribution in [-0.4, -0.2) is 33.9 Å². The summed E-state index contributed by atoms with van der Waals surface area (Å²) in [4.78, 5) is 23.2. The van der Waals surface area contributed by atoms with Crippen LogP contribution in [-0.2, 0) is 11.3 Å². The largest absolute Gasteiger partial charge is 0.456 e. The van der Waals surface area contributed by atoms with Gasteiger partial charge in [-0.15, -0.1) is 0 Å². The second-order valence-electron chi connectivity index (χ2n) is 7.22. The van der Waals surface area contributed by atoms with E-state index < -0.39 is 0 Å². The highest BCUT2D eigenvalue weighted by molar-refractivity contribution is 5.92. The Kier molecular flexibility index (Phi) is 6.12. The average molecular weight is 388 g/mol. The van der Waals surface area contributed by atoms with Crippen LogP contribution in [0.25, 0.3) is 0 Å². The van der Waals surface area contributed by atoms with Crippen molar-refractivity contribution in [3.8, 4) is 11.5 Å². The van der Waals surface area contributed by atoms with E-state index in [4.69, 9.17) is 4.74 Å². The molecule has 1 saturated heterocycles. The van der Waals surface area contributed by atoms with Gasteiger partial charge in [0.2, 0.25) is 5.91 Å². The summed E-state index contributed by atoms with van der Waals surface area (Å²) < 4.78 is 5.73. The second kappa shape index (κ2) is 9.30. The van der Waals surface area contributed by atoms with Crippen LogP contribution in [0.4, 0.5) is 5.69 Å². The molecule has 3 heterocycles. The number of pyridine rings is 2. The molecule has 0 unspecified atom stereocenters. The van der Waals surface area contributed by atoms with Gasteiger partial charge in [-0.1, -0.05) is 6.07 Å². The average Bonchev–Trinajstić information content (AvgIpc) is 2.77. The first-order valence-electron chi connectivity index (χ1n) is 9.86. The van der Waals surface area contributed by atoms with Gasteiger partial charge in [-0.2, -0.15) is 0 Å². The molecule has 148 valence electrons. The van der Waals surface area contributed by atoms with Crippen LogP contribution in [0.2, 0.25) is 0 Å². The Morgan fingerprint density at radius 1 is 0.966 bits per heavy atom. The number of carbonyl (C=O) groups excluding carboxylic acids is 1. The molecule has 0 spiro atoms. The molecule has 1 aliphatic rings. The monoisotopic (exact) mass is 388 g/mol. The van der Waals surface area contributed by atoms with E-state index in [0.29, 0.717) is 11.5 Å². The zero-order chi connectivity index (χ0) is 19.9. The zero-order valence-electron chi connectivity index (χ0n) is 16.2. The lowest BCUT2D eigenvalue weighted by Gasteiger charge is -2.31. The lowest BCUT2D eigenvalue weighted by atomic mass is 9.95. The molecular weight excluding hydrogens is 364 g/mol. The molecule has 6 nitrogen and oxygen atoms in total. The quantitative estimate of drug-likeness (QED) is 0.688. The molecule has 6 heteroatoms. The molecule has 0 radical (unpaired) electrons. The maximum absolute atomic E-state index is 12.6. The zero-order valence-corrected chi connectivity index (χ0v) is 16.2. The SMILES string of the molecule is O=C(Nc1ccc(Oc2cccnc2)cc1)C1CCN(Cc2cccnc2)CC1. The fourth-order valence-electron chi connectivity index (χ4n) is 3.50. The van der Waals surface area contributed by atoms with Crippen LogP contribution < -0.4 is 10.1 Å². The van der Waals surface area contributed by atoms with Crippen LogP contribution in [0.3, 0.4) is 0 Å². The van der Waals surface area contributed by atoms with Gasteiger partial charge in [0.25, 0.3) is 0 Å². The van der Waals surface area contributed by atoms with Crippen molar-refractivity contribution >= 4 is 11.6 Å². The Morgan fingerprint density at radius 3 is 2.34 bits per heavy atom. The Balaban J connectivity index is 1.25. The van der Waals surface area contributed by atoms with Gasteiger partial charge in [-0.25, -0.2) is 0 Å². The van der Waals surface area contributed by atoms with Gasteiger partial charge in [-0.3, -0.25) is 19.7 Å². The van der Waals surface area contributed by atoms with E-state index in [1.165, 1.54) is 5.56 Å². The molecule has 1 amide bonds. The van der Waals surface area contributed by atoms with Gasteiger partial charge in [0.15, 0.2) is 0 Å². The number of likely N-dealkylation sites (tertiary alicyclic amines) is 1. The fourth-order valence-corrected chi connectivity index (χ4v) is 3.50. The van der Waals surface area contributed by atoms with Crippen molar-refractivity contribution in [1.29, 1.82) is 0 Å². The van der Waals surface area contributed by atoms with Crippen molar-refractivity contribution in [3.63, 3.8) is 0 Å². The van der Waals surface area contributed by atoms with Gasteiger partial charge in [0.1, 0.15) is 11.5 Å². The van der Waals surface area contributed by atoms with Crippen molar-refractivity contribution in [1.82, 2.24) is 14.9 Å². The Morgan fingerprint density at radius 2 is 1.69 bits per heavy atom. The Hall–Kier alpha value is -3.25. The molecule has 1 aromatic carbocycles. The van der Waals surface area contributed by atoms with E-state index in [1.807, 2.05) is 48.7 Å². The number of carbonyl (C=O) groups is 1. The van der Waals surface area contributed by atoms with E-state index in [1.54, 1.807) is 18.6 Å². The number of amides is 1. The van der Waals surface area contributed by atoms with E-state index in [0.717, 1.165) is 38.2 Å². The molecule has 1 N–H and O–H groups in total. The number of nitrogens with one attached hydrogen (secondary N) is 1. The van der Waals surface area contributed by atoms with Crippen LogP contribution in [0.1, 0.15) is 18.4 Å². The minimum atomic E-state index is 0.0477. The number of rotatable bonds is 6. The third-order valence-electron chi connectivity index (χ3n) is 5.08. The van der Waals surface area contributed by atoms with Crippen LogP contribution in [0.15, 0.2) is 73.3 Å². The van der Waals surface area contributed by atoms with Crippen molar-refractivity contribution in [2.45, 2.75) is 19.4 Å². The predicted octanol–water partition coefficient (Wildman–Crippen LogP) is 4.12. The predicted molar refractivity (Wildman–Crippen MR) is 112 cm³/mol. The number of aromatic nitrogens is 2. The summed E-state index contributed by atoms with van der Waals surface area (Å²) >= 11 is 0. The van der Waals surface area contributed by atoms with Crippen LogP contribution >= 0.6 is 0 Å². The molecule has 3 aromatic rings. The first kappa shape index (κ1) is 19.1.